The zero-order valence-corrected chi connectivity index (χ0v) is 16.4. The second-order valence-electron chi connectivity index (χ2n) is 6.03. The van der Waals surface area contributed by atoms with E-state index in [1.807, 2.05) is 12.1 Å². The predicted octanol–water partition coefficient (Wildman–Crippen LogP) is 1.57. The molecule has 0 radical (unpaired) electrons. The van der Waals surface area contributed by atoms with Gasteiger partial charge in [0.25, 0.3) is 0 Å². The molecule has 1 fully saturated rings. The second-order valence-corrected chi connectivity index (χ2v) is 8.93. The van der Waals surface area contributed by atoms with Gasteiger partial charge in [0.1, 0.15) is 0 Å². The number of hydrogen-bond donors (Lipinski definition) is 2. The summed E-state index contributed by atoms with van der Waals surface area (Å²) >= 11 is 3.33. The van der Waals surface area contributed by atoms with E-state index >= 15 is 0 Å². The molecular formula is C16H22BrN3O4S. The van der Waals surface area contributed by atoms with Crippen molar-refractivity contribution in [2.24, 2.45) is 5.92 Å². The number of carbonyl (C=O) groups excluding carboxylic acids is 2. The summed E-state index contributed by atoms with van der Waals surface area (Å²) in [5.41, 5.74) is 0.702. The second kappa shape index (κ2) is 8.77. The fourth-order valence-electron chi connectivity index (χ4n) is 2.65. The molecule has 1 heterocycles. The molecule has 2 N–H and O–H groups in total. The van der Waals surface area contributed by atoms with Crippen molar-refractivity contribution in [3.63, 3.8) is 0 Å². The van der Waals surface area contributed by atoms with E-state index in [9.17, 15) is 18.0 Å². The first-order chi connectivity index (χ1) is 11.8. The molecule has 25 heavy (non-hydrogen) atoms. The number of amides is 2. The highest BCUT2D eigenvalue weighted by Gasteiger charge is 2.28. The fourth-order valence-corrected chi connectivity index (χ4v) is 3.79. The molecule has 0 spiro atoms. The van der Waals surface area contributed by atoms with Crippen molar-refractivity contribution in [1.29, 1.82) is 0 Å². The van der Waals surface area contributed by atoms with Crippen LogP contribution < -0.4 is 10.6 Å². The van der Waals surface area contributed by atoms with E-state index in [2.05, 4.69) is 26.6 Å². The Hall–Kier alpha value is -1.45. The maximum Gasteiger partial charge on any atom is 0.226 e. The average Bonchev–Trinajstić information content (AvgIpc) is 2.56. The molecule has 1 saturated heterocycles. The van der Waals surface area contributed by atoms with Crippen molar-refractivity contribution in [3.05, 3.63) is 28.7 Å². The van der Waals surface area contributed by atoms with E-state index in [-0.39, 0.29) is 30.7 Å². The highest BCUT2D eigenvalue weighted by atomic mass is 79.9. The Balaban J connectivity index is 1.68. The third-order valence-corrected chi connectivity index (χ3v) is 5.90. The third-order valence-electron chi connectivity index (χ3n) is 4.07. The van der Waals surface area contributed by atoms with Gasteiger partial charge < -0.3 is 10.6 Å². The van der Waals surface area contributed by atoms with Crippen LogP contribution in [0.5, 0.6) is 0 Å². The van der Waals surface area contributed by atoms with Gasteiger partial charge in [0.2, 0.25) is 21.8 Å². The zero-order chi connectivity index (χ0) is 18.4. The van der Waals surface area contributed by atoms with Crippen LogP contribution in [0.1, 0.15) is 19.3 Å². The minimum Gasteiger partial charge on any atom is -0.355 e. The molecule has 0 aliphatic carbocycles. The molecule has 1 aliphatic heterocycles. The van der Waals surface area contributed by atoms with Crippen molar-refractivity contribution in [2.75, 3.05) is 31.2 Å². The molecule has 1 aliphatic rings. The number of benzene rings is 1. The minimum atomic E-state index is -3.19. The first-order valence-corrected chi connectivity index (χ1v) is 10.7. The number of rotatable bonds is 6. The fraction of sp³-hybridized carbons (Fsp3) is 0.500. The third kappa shape index (κ3) is 6.41. The highest BCUT2D eigenvalue weighted by molar-refractivity contribution is 9.10. The molecule has 1 aromatic rings. The van der Waals surface area contributed by atoms with Gasteiger partial charge in [0.15, 0.2) is 0 Å². The van der Waals surface area contributed by atoms with E-state index < -0.39 is 10.0 Å². The van der Waals surface area contributed by atoms with E-state index in [1.54, 1.807) is 12.1 Å². The van der Waals surface area contributed by atoms with Gasteiger partial charge in [-0.05, 0) is 37.1 Å². The van der Waals surface area contributed by atoms with Crippen molar-refractivity contribution in [3.8, 4) is 0 Å². The lowest BCUT2D eigenvalue weighted by Gasteiger charge is -2.29. The maximum atomic E-state index is 12.1. The first kappa shape index (κ1) is 19.9. The van der Waals surface area contributed by atoms with Crippen LogP contribution in [-0.2, 0) is 19.6 Å². The average molecular weight is 432 g/mol. The van der Waals surface area contributed by atoms with E-state index in [0.717, 1.165) is 4.47 Å². The van der Waals surface area contributed by atoms with Crippen LogP contribution in [0.4, 0.5) is 5.69 Å². The summed E-state index contributed by atoms with van der Waals surface area (Å²) < 4.78 is 25.2. The van der Waals surface area contributed by atoms with E-state index in [0.29, 0.717) is 31.6 Å². The Morgan fingerprint density at radius 2 is 1.80 bits per heavy atom. The summed E-state index contributed by atoms with van der Waals surface area (Å²) in [5.74, 6) is -0.494. The number of nitrogens with zero attached hydrogens (tertiary/aromatic N) is 1. The van der Waals surface area contributed by atoms with Crippen LogP contribution in [0.2, 0.25) is 0 Å². The topological polar surface area (TPSA) is 95.6 Å². The van der Waals surface area contributed by atoms with Crippen LogP contribution in [-0.4, -0.2) is 50.4 Å². The summed E-state index contributed by atoms with van der Waals surface area (Å²) in [7, 11) is -3.19. The highest BCUT2D eigenvalue weighted by Crippen LogP contribution is 2.19. The summed E-state index contributed by atoms with van der Waals surface area (Å²) in [4.78, 5) is 24.0. The molecule has 2 rings (SSSR count). The Bertz CT molecular complexity index is 713. The molecule has 138 valence electrons. The monoisotopic (exact) mass is 431 g/mol. The van der Waals surface area contributed by atoms with Gasteiger partial charge in [-0.25, -0.2) is 12.7 Å². The molecule has 0 aromatic heterocycles. The standard InChI is InChI=1S/C16H22BrN3O4S/c1-25(23,24)20-10-7-12(8-11-20)16(22)18-9-6-15(21)19-14-4-2-13(17)3-5-14/h2-5,12H,6-11H2,1H3,(H,18,22)(H,19,21). The molecule has 7 nitrogen and oxygen atoms in total. The van der Waals surface area contributed by atoms with Crippen molar-refractivity contribution < 1.29 is 18.0 Å². The number of halogens is 1. The largest absolute Gasteiger partial charge is 0.355 e. The van der Waals surface area contributed by atoms with E-state index in [1.165, 1.54) is 10.6 Å². The normalized spacial score (nSPS) is 16.4. The van der Waals surface area contributed by atoms with Gasteiger partial charge in [-0.3, -0.25) is 9.59 Å². The molecule has 9 heteroatoms. The Labute approximate surface area is 156 Å². The van der Waals surface area contributed by atoms with Gasteiger partial charge >= 0.3 is 0 Å². The Morgan fingerprint density at radius 3 is 2.36 bits per heavy atom. The number of hydrogen-bond acceptors (Lipinski definition) is 4. The lowest BCUT2D eigenvalue weighted by atomic mass is 9.97. The predicted molar refractivity (Wildman–Crippen MR) is 99.5 cm³/mol. The molecule has 0 unspecified atom stereocenters. The SMILES string of the molecule is CS(=O)(=O)N1CCC(C(=O)NCCC(=O)Nc2ccc(Br)cc2)CC1. The quantitative estimate of drug-likeness (QED) is 0.714. The number of anilines is 1. The van der Waals surface area contributed by atoms with Crippen molar-refractivity contribution in [1.82, 2.24) is 9.62 Å². The summed E-state index contributed by atoms with van der Waals surface area (Å²) in [6.45, 7) is 0.982. The lowest BCUT2D eigenvalue weighted by molar-refractivity contribution is -0.126. The number of nitrogens with one attached hydrogen (secondary N) is 2. The van der Waals surface area contributed by atoms with Crippen LogP contribution in [0.25, 0.3) is 0 Å². The van der Waals surface area contributed by atoms with Gasteiger partial charge in [-0.15, -0.1) is 0 Å². The van der Waals surface area contributed by atoms with Crippen molar-refractivity contribution in [2.45, 2.75) is 19.3 Å². The summed E-state index contributed by atoms with van der Waals surface area (Å²) in [5, 5.41) is 5.52. The number of carbonyl (C=O) groups is 2. The molecule has 0 bridgehead atoms. The number of sulfonamides is 1. The zero-order valence-electron chi connectivity index (χ0n) is 14.0. The number of piperidine rings is 1. The Morgan fingerprint density at radius 1 is 1.20 bits per heavy atom. The smallest absolute Gasteiger partial charge is 0.226 e. The van der Waals surface area contributed by atoms with Gasteiger partial charge in [-0.1, -0.05) is 15.9 Å². The van der Waals surface area contributed by atoms with Crippen LogP contribution in [0, 0.1) is 5.92 Å². The van der Waals surface area contributed by atoms with Gasteiger partial charge in [0, 0.05) is 42.1 Å². The maximum absolute atomic E-state index is 12.1. The molecule has 1 aromatic carbocycles. The van der Waals surface area contributed by atoms with E-state index in [4.69, 9.17) is 0 Å². The first-order valence-electron chi connectivity index (χ1n) is 8.04. The van der Waals surface area contributed by atoms with Crippen LogP contribution in [0.3, 0.4) is 0 Å². The summed E-state index contributed by atoms with van der Waals surface area (Å²) in [6.07, 6.45) is 2.37. The minimum absolute atomic E-state index is 0.121. The summed E-state index contributed by atoms with van der Waals surface area (Å²) in [6, 6.07) is 7.24. The van der Waals surface area contributed by atoms with Crippen LogP contribution in [0.15, 0.2) is 28.7 Å². The van der Waals surface area contributed by atoms with Gasteiger partial charge in [0.05, 0.1) is 6.26 Å². The Kier molecular flexibility index (Phi) is 6.97. The molecule has 2 amide bonds. The van der Waals surface area contributed by atoms with Crippen LogP contribution >= 0.6 is 15.9 Å². The molecule has 0 saturated carbocycles. The molecular weight excluding hydrogens is 410 g/mol. The van der Waals surface area contributed by atoms with Crippen molar-refractivity contribution >= 4 is 43.5 Å². The molecule has 0 atom stereocenters. The van der Waals surface area contributed by atoms with Gasteiger partial charge in [-0.2, -0.15) is 0 Å². The lowest BCUT2D eigenvalue weighted by Crippen LogP contribution is -2.43.